The molecule has 5 atom stereocenters. The van der Waals surface area contributed by atoms with Gasteiger partial charge in [-0.05, 0) is 57.1 Å². The number of β-amino-alcohol motifs (C(OH)–C–C–N with tert-alkyl or cyclic N) is 1. The lowest BCUT2D eigenvalue weighted by atomic mass is 9.95. The second-order valence-corrected chi connectivity index (χ2v) is 14.1. The highest BCUT2D eigenvalue weighted by Gasteiger charge is 2.29. The van der Waals surface area contributed by atoms with Crippen LogP contribution < -0.4 is 0 Å². The van der Waals surface area contributed by atoms with E-state index in [0.29, 0.717) is 45.1 Å². The van der Waals surface area contributed by atoms with Crippen molar-refractivity contribution >= 4 is 18.2 Å². The lowest BCUT2D eigenvalue weighted by Crippen LogP contribution is -2.52. The molecule has 1 aliphatic carbocycles. The maximum atomic E-state index is 13.2. The molecule has 3 fully saturated rings. The summed E-state index contributed by atoms with van der Waals surface area (Å²) in [5.41, 5.74) is 0.902. The predicted molar refractivity (Wildman–Crippen MR) is 182 cm³/mol. The third kappa shape index (κ3) is 12.3. The van der Waals surface area contributed by atoms with Crippen LogP contribution in [0.15, 0.2) is 36.0 Å². The summed E-state index contributed by atoms with van der Waals surface area (Å²) in [5, 5.41) is 9.65. The number of hydrogen-bond donors (Lipinski definition) is 1. The molecule has 3 heterocycles. The maximum Gasteiger partial charge on any atom is 0.410 e. The number of ether oxygens (including phenoxy) is 3. The molecular weight excluding hydrogens is 598 g/mol. The molecule has 264 valence electrons. The molecule has 1 N–H and O–H groups in total. The summed E-state index contributed by atoms with van der Waals surface area (Å²) < 4.78 is 17.5. The Balaban J connectivity index is 1.30. The highest BCUT2D eigenvalue weighted by molar-refractivity contribution is 5.70. The van der Waals surface area contributed by atoms with Crippen LogP contribution in [0.2, 0.25) is 0 Å². The first-order valence-corrected chi connectivity index (χ1v) is 18.2. The fourth-order valence-electron chi connectivity index (χ4n) is 7.05. The minimum atomic E-state index is -0.474. The molecule has 3 aliphatic heterocycles. The summed E-state index contributed by atoms with van der Waals surface area (Å²) in [5.74, 6) is -0.339. The number of nitrogens with zero attached hydrogens (tertiary/aromatic N) is 3. The number of hydrogen-bond acceptors (Lipinski definition) is 8. The van der Waals surface area contributed by atoms with Gasteiger partial charge >= 0.3 is 18.2 Å². The summed E-state index contributed by atoms with van der Waals surface area (Å²) in [6, 6.07) is 0.658. The van der Waals surface area contributed by atoms with Crippen molar-refractivity contribution < 1.29 is 33.7 Å². The van der Waals surface area contributed by atoms with Crippen LogP contribution in [0.5, 0.6) is 0 Å². The Morgan fingerprint density at radius 2 is 1.64 bits per heavy atom. The number of esters is 1. The standard InChI is InChI=1S/C37H59N3O7/c1-28(27-45-36(43)40-21-20-32(41)26-40)12-11-13-29(2)35-30(3)18-19-33(16-9-6-10-17-34(42)47-35)46-37(44)39-24-22-38(23-25-39)31-14-7-4-5-8-15-31/h11-13,18-19,28,30-33,35,41H,4-10,14-17,20-27H2,1-3H3/b12-11+,19-18+,29-13+/t28?,30-,32+,33+,35+/m0/s1. The lowest BCUT2D eigenvalue weighted by Gasteiger charge is -2.39. The normalized spacial score (nSPS) is 29.4. The molecule has 47 heavy (non-hydrogen) atoms. The van der Waals surface area contributed by atoms with Crippen LogP contribution in [-0.4, -0.2) is 108 Å². The van der Waals surface area contributed by atoms with Gasteiger partial charge in [-0.1, -0.05) is 70.3 Å². The van der Waals surface area contributed by atoms with Crippen molar-refractivity contribution in [3.05, 3.63) is 36.0 Å². The van der Waals surface area contributed by atoms with E-state index in [1.807, 2.05) is 56.1 Å². The largest absolute Gasteiger partial charge is 0.457 e. The lowest BCUT2D eigenvalue weighted by molar-refractivity contribution is -0.148. The fourth-order valence-corrected chi connectivity index (χ4v) is 7.05. The monoisotopic (exact) mass is 657 g/mol. The van der Waals surface area contributed by atoms with Crippen LogP contribution in [0.25, 0.3) is 0 Å². The first-order valence-electron chi connectivity index (χ1n) is 18.2. The molecule has 4 aliphatic rings. The molecule has 2 saturated heterocycles. The van der Waals surface area contributed by atoms with Gasteiger partial charge < -0.3 is 29.1 Å². The number of allylic oxidation sites excluding steroid dienone is 2. The van der Waals surface area contributed by atoms with E-state index in [1.165, 1.54) is 43.4 Å². The molecule has 1 unspecified atom stereocenters. The Kier molecular flexibility index (Phi) is 15.1. The van der Waals surface area contributed by atoms with E-state index < -0.39 is 18.3 Å². The van der Waals surface area contributed by atoms with Crippen molar-refractivity contribution in [2.75, 3.05) is 45.9 Å². The molecule has 0 radical (unpaired) electrons. The smallest absolute Gasteiger partial charge is 0.410 e. The number of carbonyl (C=O) groups is 3. The van der Waals surface area contributed by atoms with E-state index in [0.717, 1.165) is 44.3 Å². The van der Waals surface area contributed by atoms with Crippen molar-refractivity contribution in [2.45, 2.75) is 122 Å². The van der Waals surface area contributed by atoms with Crippen molar-refractivity contribution in [3.8, 4) is 0 Å². The molecule has 4 rings (SSSR count). The molecule has 2 amide bonds. The topological polar surface area (TPSA) is 109 Å². The number of cyclic esters (lactones) is 1. The van der Waals surface area contributed by atoms with Crippen molar-refractivity contribution in [1.29, 1.82) is 0 Å². The zero-order chi connectivity index (χ0) is 33.6. The zero-order valence-electron chi connectivity index (χ0n) is 29.0. The van der Waals surface area contributed by atoms with Crippen LogP contribution in [0.1, 0.15) is 97.8 Å². The number of piperazine rings is 1. The SMILES string of the molecule is C/C(=C\C=C\C(C)COC(=O)N1CC[C@@H](O)C1)[C@H]1OC(=O)CCCCC[C@@H](OC(=O)N2CCN(C3CCCCCC3)CC2)/C=C/[C@@H]1C. The Morgan fingerprint density at radius 3 is 2.34 bits per heavy atom. The number of aliphatic hydroxyl groups excluding tert-OH is 1. The minimum Gasteiger partial charge on any atom is -0.457 e. The second-order valence-electron chi connectivity index (χ2n) is 14.1. The van der Waals surface area contributed by atoms with E-state index in [9.17, 15) is 19.5 Å². The molecular formula is C37H59N3O7. The van der Waals surface area contributed by atoms with Gasteiger partial charge in [0.15, 0.2) is 0 Å². The van der Waals surface area contributed by atoms with Crippen LogP contribution in [0, 0.1) is 11.8 Å². The van der Waals surface area contributed by atoms with Crippen molar-refractivity contribution in [3.63, 3.8) is 0 Å². The Hall–Kier alpha value is -2.85. The summed E-state index contributed by atoms with van der Waals surface area (Å²) >= 11 is 0. The van der Waals surface area contributed by atoms with Crippen molar-refractivity contribution in [2.24, 2.45) is 11.8 Å². The maximum absolute atomic E-state index is 13.2. The predicted octanol–water partition coefficient (Wildman–Crippen LogP) is 6.24. The Bertz CT molecular complexity index is 1090. The summed E-state index contributed by atoms with van der Waals surface area (Å²) in [6.07, 6.45) is 20.0. The van der Waals surface area contributed by atoms with Crippen LogP contribution in [-0.2, 0) is 19.0 Å². The van der Waals surface area contributed by atoms with Gasteiger partial charge in [-0.15, -0.1) is 0 Å². The molecule has 10 heteroatoms. The van der Waals surface area contributed by atoms with Crippen LogP contribution in [0.4, 0.5) is 9.59 Å². The van der Waals surface area contributed by atoms with Gasteiger partial charge in [0.2, 0.25) is 0 Å². The summed E-state index contributed by atoms with van der Waals surface area (Å²) in [4.78, 5) is 44.1. The van der Waals surface area contributed by atoms with Gasteiger partial charge in [-0.3, -0.25) is 9.69 Å². The van der Waals surface area contributed by atoms with E-state index in [4.69, 9.17) is 14.2 Å². The van der Waals surface area contributed by atoms with E-state index in [-0.39, 0.29) is 36.6 Å². The first-order chi connectivity index (χ1) is 22.7. The van der Waals surface area contributed by atoms with E-state index in [1.54, 1.807) is 0 Å². The minimum absolute atomic E-state index is 0.0121. The van der Waals surface area contributed by atoms with Gasteiger partial charge in [0, 0.05) is 63.6 Å². The van der Waals surface area contributed by atoms with Crippen LogP contribution in [0.3, 0.4) is 0 Å². The quantitative estimate of drug-likeness (QED) is 0.113. The second kappa shape index (κ2) is 19.2. The molecule has 0 aromatic heterocycles. The van der Waals surface area contributed by atoms with Gasteiger partial charge in [-0.25, -0.2) is 9.59 Å². The van der Waals surface area contributed by atoms with Gasteiger partial charge in [-0.2, -0.15) is 0 Å². The molecule has 0 spiro atoms. The highest BCUT2D eigenvalue weighted by Crippen LogP contribution is 2.25. The first kappa shape index (κ1) is 37.0. The number of likely N-dealkylation sites (tertiary alicyclic amines) is 1. The molecule has 1 saturated carbocycles. The van der Waals surface area contributed by atoms with E-state index in [2.05, 4.69) is 4.90 Å². The number of carbonyl (C=O) groups excluding carboxylic acids is 3. The average Bonchev–Trinajstić information content (AvgIpc) is 3.32. The van der Waals surface area contributed by atoms with E-state index >= 15 is 0 Å². The highest BCUT2D eigenvalue weighted by atomic mass is 16.6. The fraction of sp³-hybridized carbons (Fsp3) is 0.757. The summed E-state index contributed by atoms with van der Waals surface area (Å²) in [7, 11) is 0. The third-order valence-electron chi connectivity index (χ3n) is 10.0. The van der Waals surface area contributed by atoms with Gasteiger partial charge in [0.05, 0.1) is 12.7 Å². The molecule has 10 nitrogen and oxygen atoms in total. The average molecular weight is 658 g/mol. The Morgan fingerprint density at radius 1 is 0.936 bits per heavy atom. The zero-order valence-corrected chi connectivity index (χ0v) is 29.0. The number of rotatable bonds is 7. The number of aliphatic hydroxyl groups is 1. The molecule has 0 aromatic rings. The van der Waals surface area contributed by atoms with Crippen molar-refractivity contribution in [1.82, 2.24) is 14.7 Å². The van der Waals surface area contributed by atoms with Crippen LogP contribution >= 0.6 is 0 Å². The van der Waals surface area contributed by atoms with Gasteiger partial charge in [0.1, 0.15) is 12.2 Å². The third-order valence-corrected chi connectivity index (χ3v) is 10.0. The van der Waals surface area contributed by atoms with Gasteiger partial charge in [0.25, 0.3) is 0 Å². The number of amides is 2. The molecule has 0 bridgehead atoms. The molecule has 0 aromatic carbocycles. The summed E-state index contributed by atoms with van der Waals surface area (Å²) in [6.45, 7) is 10.3. The Labute approximate surface area is 282 Å².